The van der Waals surface area contributed by atoms with Crippen LogP contribution >= 0.6 is 0 Å². The van der Waals surface area contributed by atoms with Gasteiger partial charge in [0.25, 0.3) is 5.91 Å². The molecular formula is C9H11NO2S. The Morgan fingerprint density at radius 1 is 1.31 bits per heavy atom. The Labute approximate surface area is 78.0 Å². The number of hydrogen-bond donors (Lipinski definition) is 0. The molecule has 0 saturated heterocycles. The Morgan fingerprint density at radius 3 is 2.31 bits per heavy atom. The molecule has 4 heteroatoms. The van der Waals surface area contributed by atoms with Gasteiger partial charge in [0.15, 0.2) is 0 Å². The van der Waals surface area contributed by atoms with Gasteiger partial charge in [0.05, 0.1) is 9.73 Å². The van der Waals surface area contributed by atoms with Crippen LogP contribution < -0.4 is 0 Å². The van der Waals surface area contributed by atoms with Crippen LogP contribution in [-0.2, 0) is 14.5 Å². The smallest absolute Gasteiger partial charge is 0.250 e. The van der Waals surface area contributed by atoms with Gasteiger partial charge in [-0.1, -0.05) is 18.2 Å². The van der Waals surface area contributed by atoms with Crippen molar-refractivity contribution in [2.24, 2.45) is 4.36 Å². The van der Waals surface area contributed by atoms with E-state index in [0.717, 1.165) is 0 Å². The lowest BCUT2D eigenvalue weighted by molar-refractivity contribution is -0.115. The summed E-state index contributed by atoms with van der Waals surface area (Å²) in [5.41, 5.74) is 0. The molecule has 0 bridgehead atoms. The van der Waals surface area contributed by atoms with Gasteiger partial charge in [-0.3, -0.25) is 4.79 Å². The highest BCUT2D eigenvalue weighted by atomic mass is 32.2. The highest BCUT2D eigenvalue weighted by Gasteiger charge is 2.05. The standard InChI is InChI=1S/C9H11NO2S/c1-8(11)10-13(2,12)9-6-4-3-5-7-9/h3-7H,1-2H3/t13-/m0/s1. The Kier molecular flexibility index (Phi) is 2.83. The summed E-state index contributed by atoms with van der Waals surface area (Å²) in [6.07, 6.45) is 1.46. The van der Waals surface area contributed by atoms with Crippen LogP contribution in [0, 0.1) is 0 Å². The van der Waals surface area contributed by atoms with Gasteiger partial charge >= 0.3 is 0 Å². The van der Waals surface area contributed by atoms with Crippen molar-refractivity contribution >= 4 is 15.6 Å². The van der Waals surface area contributed by atoms with Crippen molar-refractivity contribution in [1.82, 2.24) is 0 Å². The third-order valence-electron chi connectivity index (χ3n) is 1.48. The van der Waals surface area contributed by atoms with E-state index in [0.29, 0.717) is 4.90 Å². The summed E-state index contributed by atoms with van der Waals surface area (Å²) >= 11 is 0. The molecule has 13 heavy (non-hydrogen) atoms. The molecule has 0 unspecified atom stereocenters. The van der Waals surface area contributed by atoms with Crippen molar-refractivity contribution in [3.8, 4) is 0 Å². The zero-order valence-corrected chi connectivity index (χ0v) is 8.38. The Morgan fingerprint density at radius 2 is 1.85 bits per heavy atom. The number of rotatable bonds is 1. The van der Waals surface area contributed by atoms with Crippen LogP contribution in [0.25, 0.3) is 0 Å². The molecule has 0 N–H and O–H groups in total. The fraction of sp³-hybridized carbons (Fsp3) is 0.222. The highest BCUT2D eigenvalue weighted by Crippen LogP contribution is 2.10. The Hall–Kier alpha value is -1.16. The summed E-state index contributed by atoms with van der Waals surface area (Å²) in [5.74, 6) is -0.406. The summed E-state index contributed by atoms with van der Waals surface area (Å²) in [6, 6.07) is 8.78. The van der Waals surface area contributed by atoms with Crippen LogP contribution in [0.2, 0.25) is 0 Å². The Balaban J connectivity index is 3.24. The van der Waals surface area contributed by atoms with Gasteiger partial charge in [-0.05, 0) is 12.1 Å². The average molecular weight is 197 g/mol. The van der Waals surface area contributed by atoms with Gasteiger partial charge in [0.1, 0.15) is 0 Å². The summed E-state index contributed by atoms with van der Waals surface area (Å²) in [5, 5.41) is 0. The number of hydrogen-bond acceptors (Lipinski definition) is 2. The Bertz CT molecular complexity index is 417. The highest BCUT2D eigenvalue weighted by molar-refractivity contribution is 7.93. The van der Waals surface area contributed by atoms with Gasteiger partial charge in [-0.15, -0.1) is 0 Å². The number of carbonyl (C=O) groups excluding carboxylic acids is 1. The SMILES string of the molecule is CC(=O)N=[S@@](C)(=O)c1ccccc1. The second-order valence-corrected chi connectivity index (χ2v) is 4.98. The van der Waals surface area contributed by atoms with E-state index in [4.69, 9.17) is 0 Å². The quantitative estimate of drug-likeness (QED) is 0.687. The number of amides is 1. The molecule has 0 spiro atoms. The predicted octanol–water partition coefficient (Wildman–Crippen LogP) is 1.69. The van der Waals surface area contributed by atoms with Crippen molar-refractivity contribution in [2.45, 2.75) is 11.8 Å². The molecule has 1 amide bonds. The normalized spacial score (nSPS) is 14.6. The predicted molar refractivity (Wildman–Crippen MR) is 51.9 cm³/mol. The molecule has 1 aromatic rings. The number of carbonyl (C=O) groups is 1. The molecule has 0 aromatic heterocycles. The van der Waals surface area contributed by atoms with Crippen molar-refractivity contribution in [2.75, 3.05) is 6.26 Å². The van der Waals surface area contributed by atoms with Crippen LogP contribution in [0.5, 0.6) is 0 Å². The first-order valence-electron chi connectivity index (χ1n) is 3.80. The van der Waals surface area contributed by atoms with E-state index in [9.17, 15) is 9.00 Å². The molecule has 3 nitrogen and oxygen atoms in total. The fourth-order valence-electron chi connectivity index (χ4n) is 0.971. The van der Waals surface area contributed by atoms with Crippen molar-refractivity contribution in [3.63, 3.8) is 0 Å². The van der Waals surface area contributed by atoms with E-state index in [1.807, 2.05) is 6.07 Å². The second kappa shape index (κ2) is 3.70. The first-order valence-corrected chi connectivity index (χ1v) is 5.72. The minimum Gasteiger partial charge on any atom is -0.272 e. The van der Waals surface area contributed by atoms with Crippen molar-refractivity contribution in [3.05, 3.63) is 30.3 Å². The van der Waals surface area contributed by atoms with E-state index < -0.39 is 15.6 Å². The van der Waals surface area contributed by atoms with Crippen LogP contribution in [-0.4, -0.2) is 16.4 Å². The third-order valence-corrected chi connectivity index (χ3v) is 3.24. The van der Waals surface area contributed by atoms with Gasteiger partial charge < -0.3 is 0 Å². The van der Waals surface area contributed by atoms with Crippen LogP contribution in [0.1, 0.15) is 6.92 Å². The van der Waals surface area contributed by atoms with Crippen molar-refractivity contribution in [1.29, 1.82) is 0 Å². The fourth-order valence-corrected chi connectivity index (χ4v) is 2.23. The minimum absolute atomic E-state index is 0.406. The topological polar surface area (TPSA) is 46.5 Å². The molecule has 0 radical (unpaired) electrons. The molecule has 70 valence electrons. The number of nitrogens with zero attached hydrogens (tertiary/aromatic N) is 1. The van der Waals surface area contributed by atoms with E-state index in [-0.39, 0.29) is 0 Å². The zero-order valence-electron chi connectivity index (χ0n) is 7.56. The maximum absolute atomic E-state index is 11.8. The minimum atomic E-state index is -2.53. The maximum Gasteiger partial charge on any atom is 0.250 e. The summed E-state index contributed by atoms with van der Waals surface area (Å²) in [6.45, 7) is 1.30. The summed E-state index contributed by atoms with van der Waals surface area (Å²) in [4.78, 5) is 11.3. The van der Waals surface area contributed by atoms with Gasteiger partial charge in [0, 0.05) is 18.1 Å². The van der Waals surface area contributed by atoms with E-state index >= 15 is 0 Å². The molecule has 1 atom stereocenters. The first-order chi connectivity index (χ1) is 6.02. The molecule has 0 heterocycles. The summed E-state index contributed by atoms with van der Waals surface area (Å²) < 4.78 is 15.4. The molecule has 1 aromatic carbocycles. The first kappa shape index (κ1) is 9.92. The molecule has 0 fully saturated rings. The van der Waals surface area contributed by atoms with Gasteiger partial charge in [0.2, 0.25) is 0 Å². The lowest BCUT2D eigenvalue weighted by Gasteiger charge is -2.01. The van der Waals surface area contributed by atoms with Crippen LogP contribution in [0.15, 0.2) is 39.6 Å². The molecule has 0 aliphatic rings. The zero-order chi connectivity index (χ0) is 9.90. The molecular weight excluding hydrogens is 186 g/mol. The number of benzene rings is 1. The van der Waals surface area contributed by atoms with E-state index in [1.165, 1.54) is 13.2 Å². The largest absolute Gasteiger partial charge is 0.272 e. The van der Waals surface area contributed by atoms with Crippen molar-refractivity contribution < 1.29 is 9.00 Å². The average Bonchev–Trinajstić information content (AvgIpc) is 2.04. The molecule has 0 aliphatic heterocycles. The lowest BCUT2D eigenvalue weighted by atomic mass is 10.4. The third kappa shape index (κ3) is 2.66. The van der Waals surface area contributed by atoms with E-state index in [2.05, 4.69) is 4.36 Å². The van der Waals surface area contributed by atoms with Crippen LogP contribution in [0.4, 0.5) is 0 Å². The maximum atomic E-state index is 11.8. The van der Waals surface area contributed by atoms with Crippen LogP contribution in [0.3, 0.4) is 0 Å². The lowest BCUT2D eigenvalue weighted by Crippen LogP contribution is -2.00. The molecule has 1 rings (SSSR count). The van der Waals surface area contributed by atoms with Gasteiger partial charge in [-0.2, -0.15) is 4.36 Å². The monoisotopic (exact) mass is 197 g/mol. The summed E-state index contributed by atoms with van der Waals surface area (Å²) in [7, 11) is -2.53. The molecule has 0 aliphatic carbocycles. The second-order valence-electron chi connectivity index (χ2n) is 2.73. The van der Waals surface area contributed by atoms with E-state index in [1.54, 1.807) is 24.3 Å². The van der Waals surface area contributed by atoms with Gasteiger partial charge in [-0.25, -0.2) is 4.21 Å². The molecule has 0 saturated carbocycles.